The molecular formula is C22H24ClF3N4O9S. The molecule has 0 spiro atoms. The zero-order chi connectivity index (χ0) is 29.9. The van der Waals surface area contributed by atoms with Gasteiger partial charge >= 0.3 is 18.1 Å². The number of sulfonamides is 1. The van der Waals surface area contributed by atoms with Crippen LogP contribution in [0.3, 0.4) is 0 Å². The highest BCUT2D eigenvalue weighted by molar-refractivity contribution is 7.89. The summed E-state index contributed by atoms with van der Waals surface area (Å²) in [6, 6.07) is 7.68. The van der Waals surface area contributed by atoms with E-state index in [0.717, 1.165) is 6.07 Å². The van der Waals surface area contributed by atoms with Crippen LogP contribution in [0.25, 0.3) is 0 Å². The van der Waals surface area contributed by atoms with E-state index in [1.165, 1.54) is 43.5 Å². The lowest BCUT2D eigenvalue weighted by Gasteiger charge is -2.18. The molecule has 2 rings (SSSR count). The van der Waals surface area contributed by atoms with Crippen LogP contribution in [0.2, 0.25) is 5.02 Å². The van der Waals surface area contributed by atoms with Crippen molar-refractivity contribution in [2.75, 3.05) is 20.3 Å². The fourth-order valence-corrected chi connectivity index (χ4v) is 4.48. The monoisotopic (exact) mass is 612 g/mol. The van der Waals surface area contributed by atoms with Gasteiger partial charge in [-0.15, -0.1) is 0 Å². The van der Waals surface area contributed by atoms with Gasteiger partial charge in [-0.2, -0.15) is 17.9 Å². The van der Waals surface area contributed by atoms with E-state index in [1.54, 1.807) is 0 Å². The van der Waals surface area contributed by atoms with Gasteiger partial charge < -0.3 is 25.8 Å². The highest BCUT2D eigenvalue weighted by Gasteiger charge is 2.43. The summed E-state index contributed by atoms with van der Waals surface area (Å²) in [5.74, 6) is -4.43. The summed E-state index contributed by atoms with van der Waals surface area (Å²) in [7, 11) is -3.39. The van der Waals surface area contributed by atoms with Crippen LogP contribution in [0.4, 0.5) is 13.2 Å². The maximum atomic E-state index is 13.1. The average molecular weight is 613 g/mol. The first-order valence-electron chi connectivity index (χ1n) is 11.0. The molecule has 0 saturated heterocycles. The molecule has 5 N–H and O–H groups in total. The van der Waals surface area contributed by atoms with Crippen LogP contribution in [0.5, 0.6) is 11.5 Å². The van der Waals surface area contributed by atoms with Crippen molar-refractivity contribution in [3.8, 4) is 11.5 Å². The summed E-state index contributed by atoms with van der Waals surface area (Å²) in [5, 5.41) is 3.36. The fourth-order valence-electron chi connectivity index (χ4n) is 2.86. The molecular weight excluding hydrogens is 589 g/mol. The van der Waals surface area contributed by atoms with Crippen LogP contribution < -0.4 is 25.7 Å². The minimum absolute atomic E-state index is 0.0119. The number of oxime groups is 1. The number of ether oxygens (including phenoxy) is 2. The van der Waals surface area contributed by atoms with E-state index in [4.69, 9.17) is 37.4 Å². The largest absolute Gasteiger partial charge is 0.495 e. The van der Waals surface area contributed by atoms with E-state index in [1.807, 2.05) is 4.72 Å². The second-order valence-electron chi connectivity index (χ2n) is 7.64. The predicted molar refractivity (Wildman–Crippen MR) is 132 cm³/mol. The van der Waals surface area contributed by atoms with Crippen molar-refractivity contribution >= 4 is 39.5 Å². The van der Waals surface area contributed by atoms with Crippen molar-refractivity contribution in [1.29, 1.82) is 0 Å². The Balaban J connectivity index is 2.18. The fraction of sp³-hybridized carbons (Fsp3) is 0.318. The molecule has 1 atom stereocenters. The number of carbonyl (C=O) groups is 2. The van der Waals surface area contributed by atoms with Gasteiger partial charge in [0.1, 0.15) is 29.0 Å². The molecule has 0 bridgehead atoms. The number of halogens is 4. The summed E-state index contributed by atoms with van der Waals surface area (Å²) in [6.07, 6.45) is -5.47. The first-order valence-corrected chi connectivity index (χ1v) is 12.9. The lowest BCUT2D eigenvalue weighted by atomic mass is 10.1. The number of alkyl halides is 3. The molecule has 0 unspecified atom stereocenters. The number of guanidine groups is 1. The number of hydrogen-bond acceptors (Lipinski definition) is 10. The molecule has 0 aliphatic heterocycles. The molecule has 2 aromatic carbocycles. The van der Waals surface area contributed by atoms with Crippen LogP contribution >= 0.6 is 11.6 Å². The zero-order valence-electron chi connectivity index (χ0n) is 20.6. The third-order valence-electron chi connectivity index (χ3n) is 4.61. The molecule has 220 valence electrons. The van der Waals surface area contributed by atoms with E-state index in [9.17, 15) is 31.2 Å². The first-order chi connectivity index (χ1) is 18.7. The highest BCUT2D eigenvalue weighted by Crippen LogP contribution is 2.27. The van der Waals surface area contributed by atoms with E-state index in [2.05, 4.69) is 14.9 Å². The standard InChI is InChI=1S/C22H24ClF3N4O9S/c1-35-17-8-5-14(23)12-18(17)40(33,34)30-16(19(31)38-39-20(32)22(24,25)26)11-13-3-6-15(7-4-13)36-9-2-10-37-29-21(27)28/h3-8,12,16,30H,2,9-11H2,1H3,(H4,27,28,29)/t16-/m0/s1. The second kappa shape index (κ2) is 14.4. The first kappa shape index (κ1) is 32.3. The summed E-state index contributed by atoms with van der Waals surface area (Å²) in [6.45, 7) is 0.399. The lowest BCUT2D eigenvalue weighted by Crippen LogP contribution is -2.44. The van der Waals surface area contributed by atoms with Gasteiger partial charge in [-0.3, -0.25) is 0 Å². The van der Waals surface area contributed by atoms with Gasteiger partial charge in [-0.25, -0.2) is 27.8 Å². The van der Waals surface area contributed by atoms with Gasteiger partial charge in [0.05, 0.1) is 13.7 Å². The Bertz CT molecular complexity index is 1310. The summed E-state index contributed by atoms with van der Waals surface area (Å²) in [5.41, 5.74) is 10.6. The third kappa shape index (κ3) is 10.3. The quantitative estimate of drug-likeness (QED) is 0.0982. The molecule has 40 heavy (non-hydrogen) atoms. The number of carbonyl (C=O) groups excluding carboxylic acids is 2. The van der Waals surface area contributed by atoms with Crippen molar-refractivity contribution in [2.24, 2.45) is 16.6 Å². The SMILES string of the molecule is COc1ccc(Cl)cc1S(=O)(=O)N[C@@H](Cc1ccc(OCCCON=C(N)N)cc1)C(=O)OOC(=O)C(F)(F)F. The van der Waals surface area contributed by atoms with Gasteiger partial charge in [0.25, 0.3) is 0 Å². The Morgan fingerprint density at radius 2 is 1.75 bits per heavy atom. The van der Waals surface area contributed by atoms with Gasteiger partial charge in [0.2, 0.25) is 16.0 Å². The minimum Gasteiger partial charge on any atom is -0.495 e. The van der Waals surface area contributed by atoms with Gasteiger partial charge in [0.15, 0.2) is 0 Å². The summed E-state index contributed by atoms with van der Waals surface area (Å²) < 4.78 is 76.0. The number of methoxy groups -OCH3 is 1. The van der Waals surface area contributed by atoms with Gasteiger partial charge in [-0.05, 0) is 47.5 Å². The van der Waals surface area contributed by atoms with Crippen molar-refractivity contribution in [3.05, 3.63) is 53.1 Å². The molecule has 0 amide bonds. The zero-order valence-corrected chi connectivity index (χ0v) is 22.2. The number of benzene rings is 2. The summed E-state index contributed by atoms with van der Waals surface area (Å²) >= 11 is 5.89. The average Bonchev–Trinajstić information content (AvgIpc) is 2.88. The predicted octanol–water partition coefficient (Wildman–Crippen LogP) is 1.78. The summed E-state index contributed by atoms with van der Waals surface area (Å²) in [4.78, 5) is 35.4. The van der Waals surface area contributed by atoms with Gasteiger partial charge in [0, 0.05) is 11.4 Å². The number of nitrogens with one attached hydrogen (secondary N) is 1. The molecule has 0 aliphatic carbocycles. The van der Waals surface area contributed by atoms with Crippen LogP contribution in [0.15, 0.2) is 52.5 Å². The van der Waals surface area contributed by atoms with Crippen LogP contribution in [-0.4, -0.2) is 58.9 Å². The smallest absolute Gasteiger partial charge is 0.495 e. The number of hydrogen-bond donors (Lipinski definition) is 3. The van der Waals surface area contributed by atoms with Crippen molar-refractivity contribution in [2.45, 2.75) is 30.0 Å². The molecule has 0 fully saturated rings. The Morgan fingerprint density at radius 1 is 1.07 bits per heavy atom. The van der Waals surface area contributed by atoms with Gasteiger partial charge in [-0.1, -0.05) is 23.7 Å². The van der Waals surface area contributed by atoms with Crippen LogP contribution in [0.1, 0.15) is 12.0 Å². The van der Waals surface area contributed by atoms with E-state index in [0.29, 0.717) is 17.7 Å². The maximum Gasteiger partial charge on any atom is 0.495 e. The minimum atomic E-state index is -5.46. The molecule has 0 aliphatic rings. The van der Waals surface area contributed by atoms with E-state index < -0.39 is 45.5 Å². The molecule has 2 aromatic rings. The lowest BCUT2D eigenvalue weighted by molar-refractivity contribution is -0.286. The van der Waals surface area contributed by atoms with Crippen molar-refractivity contribution in [3.63, 3.8) is 0 Å². The van der Waals surface area contributed by atoms with E-state index >= 15 is 0 Å². The Morgan fingerprint density at radius 3 is 2.35 bits per heavy atom. The third-order valence-corrected chi connectivity index (χ3v) is 6.34. The topological polar surface area (TPSA) is 191 Å². The van der Waals surface area contributed by atoms with Crippen LogP contribution in [-0.2, 0) is 40.6 Å². The Labute approximate surface area is 231 Å². The second-order valence-corrected chi connectivity index (χ2v) is 9.76. The molecule has 18 heteroatoms. The molecule has 0 heterocycles. The molecule has 13 nitrogen and oxygen atoms in total. The van der Waals surface area contributed by atoms with E-state index in [-0.39, 0.29) is 29.9 Å². The van der Waals surface area contributed by atoms with Crippen molar-refractivity contribution in [1.82, 2.24) is 4.72 Å². The van der Waals surface area contributed by atoms with Crippen LogP contribution in [0, 0.1) is 0 Å². The molecule has 0 saturated carbocycles. The molecule has 0 aromatic heterocycles. The maximum absolute atomic E-state index is 13.1. The number of nitrogens with two attached hydrogens (primary N) is 2. The highest BCUT2D eigenvalue weighted by atomic mass is 35.5. The Kier molecular flexibility index (Phi) is 11.6. The molecule has 0 radical (unpaired) electrons. The normalized spacial score (nSPS) is 12.1. The number of rotatable bonds is 13. The number of nitrogens with zero attached hydrogens (tertiary/aromatic N) is 1. The van der Waals surface area contributed by atoms with Crippen molar-refractivity contribution < 1.29 is 55.3 Å². The Hall–Kier alpha value is -3.96.